The Kier molecular flexibility index (Phi) is 4.79. The van der Waals surface area contributed by atoms with Gasteiger partial charge in [-0.15, -0.1) is 16.4 Å². The van der Waals surface area contributed by atoms with Gasteiger partial charge in [-0.2, -0.15) is 0 Å². The summed E-state index contributed by atoms with van der Waals surface area (Å²) in [6.07, 6.45) is 1.39. The van der Waals surface area contributed by atoms with E-state index in [0.717, 1.165) is 0 Å². The topological polar surface area (TPSA) is 84.2 Å². The van der Waals surface area contributed by atoms with Crippen LogP contribution in [-0.2, 0) is 11.3 Å². The monoisotopic (exact) mass is 374 g/mol. The van der Waals surface area contributed by atoms with Gasteiger partial charge in [0.15, 0.2) is 0 Å². The summed E-state index contributed by atoms with van der Waals surface area (Å²) in [6, 6.07) is 1.58. The quantitative estimate of drug-likeness (QED) is 0.800. The number of carbonyl (C=O) groups is 2. The van der Waals surface area contributed by atoms with E-state index in [0.29, 0.717) is 40.4 Å². The number of amides is 2. The molecule has 3 rings (SSSR count). The lowest BCUT2D eigenvalue weighted by atomic mass is 10.2. The van der Waals surface area contributed by atoms with Crippen LogP contribution in [0, 0.1) is 0 Å². The van der Waals surface area contributed by atoms with Crippen LogP contribution in [0.3, 0.4) is 0 Å². The molecule has 0 radical (unpaired) electrons. The molecule has 1 aliphatic rings. The molecule has 2 aromatic heterocycles. The molecule has 0 aromatic carbocycles. The third-order valence-electron chi connectivity index (χ3n) is 3.50. The SMILES string of the molecule is O=C(Cn1cnnn1)N1CCN(C(=O)c2cc(Cl)sc2Cl)CC1. The summed E-state index contributed by atoms with van der Waals surface area (Å²) in [6.45, 7) is 1.91. The molecular weight excluding hydrogens is 363 g/mol. The Morgan fingerprint density at radius 2 is 1.87 bits per heavy atom. The zero-order valence-electron chi connectivity index (χ0n) is 11.9. The van der Waals surface area contributed by atoms with Crippen LogP contribution in [0.4, 0.5) is 0 Å². The predicted molar refractivity (Wildman–Crippen MR) is 84.6 cm³/mol. The van der Waals surface area contributed by atoms with Gasteiger partial charge in [0.1, 0.15) is 17.2 Å². The summed E-state index contributed by atoms with van der Waals surface area (Å²) in [4.78, 5) is 27.9. The number of hydrogen-bond acceptors (Lipinski definition) is 6. The van der Waals surface area contributed by atoms with Gasteiger partial charge in [0.2, 0.25) is 5.91 Å². The zero-order chi connectivity index (χ0) is 16.4. The van der Waals surface area contributed by atoms with Crippen LogP contribution in [0.15, 0.2) is 12.4 Å². The molecule has 2 aromatic rings. The molecule has 8 nitrogen and oxygen atoms in total. The van der Waals surface area contributed by atoms with Crippen molar-refractivity contribution >= 4 is 46.4 Å². The number of nitrogens with zero attached hydrogens (tertiary/aromatic N) is 6. The number of tetrazole rings is 1. The lowest BCUT2D eigenvalue weighted by Crippen LogP contribution is -2.51. The van der Waals surface area contributed by atoms with E-state index in [1.807, 2.05) is 0 Å². The van der Waals surface area contributed by atoms with Gasteiger partial charge in [0, 0.05) is 26.2 Å². The van der Waals surface area contributed by atoms with Gasteiger partial charge in [-0.25, -0.2) is 4.68 Å². The molecule has 0 aliphatic carbocycles. The van der Waals surface area contributed by atoms with Gasteiger partial charge in [0.05, 0.1) is 9.90 Å². The molecular formula is C12H12Cl2N6O2S. The highest BCUT2D eigenvalue weighted by molar-refractivity contribution is 7.20. The third kappa shape index (κ3) is 3.62. The maximum Gasteiger partial charge on any atom is 0.256 e. The first-order valence-electron chi connectivity index (χ1n) is 6.77. The number of halogens is 2. The molecule has 0 saturated carbocycles. The fourth-order valence-corrected chi connectivity index (χ4v) is 3.75. The Morgan fingerprint density at radius 3 is 2.43 bits per heavy atom. The Hall–Kier alpha value is -1.71. The highest BCUT2D eigenvalue weighted by Gasteiger charge is 2.27. The van der Waals surface area contributed by atoms with Crippen molar-refractivity contribution in [2.45, 2.75) is 6.54 Å². The highest BCUT2D eigenvalue weighted by atomic mass is 35.5. The minimum atomic E-state index is -0.161. The van der Waals surface area contributed by atoms with Crippen LogP contribution in [0.2, 0.25) is 8.67 Å². The van der Waals surface area contributed by atoms with E-state index in [1.165, 1.54) is 22.3 Å². The number of aromatic nitrogens is 4. The molecule has 3 heterocycles. The largest absolute Gasteiger partial charge is 0.338 e. The van der Waals surface area contributed by atoms with E-state index in [4.69, 9.17) is 23.2 Å². The fraction of sp³-hybridized carbons (Fsp3) is 0.417. The fourth-order valence-electron chi connectivity index (χ4n) is 2.31. The van der Waals surface area contributed by atoms with Crippen LogP contribution in [0.25, 0.3) is 0 Å². The van der Waals surface area contributed by atoms with E-state index >= 15 is 0 Å². The smallest absolute Gasteiger partial charge is 0.256 e. The second kappa shape index (κ2) is 6.81. The zero-order valence-corrected chi connectivity index (χ0v) is 14.2. The van der Waals surface area contributed by atoms with E-state index < -0.39 is 0 Å². The van der Waals surface area contributed by atoms with Crippen molar-refractivity contribution in [1.29, 1.82) is 0 Å². The Morgan fingerprint density at radius 1 is 1.17 bits per heavy atom. The van der Waals surface area contributed by atoms with E-state index in [2.05, 4.69) is 15.5 Å². The van der Waals surface area contributed by atoms with Gasteiger partial charge in [-0.1, -0.05) is 23.2 Å². The normalized spacial score (nSPS) is 15.0. The molecule has 0 bridgehead atoms. The average molecular weight is 375 g/mol. The number of hydrogen-bond donors (Lipinski definition) is 0. The van der Waals surface area contributed by atoms with Gasteiger partial charge in [0.25, 0.3) is 5.91 Å². The van der Waals surface area contributed by atoms with Crippen LogP contribution in [0.5, 0.6) is 0 Å². The predicted octanol–water partition coefficient (Wildman–Crippen LogP) is 1.03. The number of piperazine rings is 1. The van der Waals surface area contributed by atoms with Gasteiger partial charge >= 0.3 is 0 Å². The molecule has 2 amide bonds. The molecule has 0 atom stereocenters. The second-order valence-electron chi connectivity index (χ2n) is 4.92. The van der Waals surface area contributed by atoms with Crippen LogP contribution < -0.4 is 0 Å². The minimum Gasteiger partial charge on any atom is -0.338 e. The lowest BCUT2D eigenvalue weighted by Gasteiger charge is -2.34. The van der Waals surface area contributed by atoms with Gasteiger partial charge < -0.3 is 9.80 Å². The van der Waals surface area contributed by atoms with Crippen LogP contribution in [-0.4, -0.2) is 68.0 Å². The summed E-state index contributed by atoms with van der Waals surface area (Å²) in [5.74, 6) is -0.244. The second-order valence-corrected chi connectivity index (χ2v) is 7.20. The van der Waals surface area contributed by atoms with Crippen molar-refractivity contribution in [2.75, 3.05) is 26.2 Å². The van der Waals surface area contributed by atoms with Gasteiger partial charge in [-0.05, 0) is 16.5 Å². The number of thiophene rings is 1. The Labute approximate surface area is 145 Å². The maximum absolute atomic E-state index is 12.4. The van der Waals surface area contributed by atoms with Crippen molar-refractivity contribution in [3.8, 4) is 0 Å². The third-order valence-corrected chi connectivity index (χ3v) is 4.98. The minimum absolute atomic E-state index is 0.0824. The van der Waals surface area contributed by atoms with Crippen LogP contribution >= 0.6 is 34.5 Å². The van der Waals surface area contributed by atoms with Crippen molar-refractivity contribution in [3.05, 3.63) is 26.6 Å². The summed E-state index contributed by atoms with van der Waals surface area (Å²) in [5.41, 5.74) is 0.412. The standard InChI is InChI=1S/C12H12Cl2N6O2S/c13-9-5-8(11(14)23-9)12(22)19-3-1-18(2-4-19)10(21)6-20-7-15-16-17-20/h5,7H,1-4,6H2. The number of carbonyl (C=O) groups excluding carboxylic acids is 2. The Bertz CT molecular complexity index is 711. The van der Waals surface area contributed by atoms with Crippen LogP contribution in [0.1, 0.15) is 10.4 Å². The first-order valence-corrected chi connectivity index (χ1v) is 8.34. The molecule has 1 saturated heterocycles. The first-order chi connectivity index (χ1) is 11.0. The van der Waals surface area contributed by atoms with E-state index in [-0.39, 0.29) is 18.4 Å². The molecule has 1 fully saturated rings. The molecule has 11 heteroatoms. The first kappa shape index (κ1) is 16.2. The summed E-state index contributed by atoms with van der Waals surface area (Å²) in [5, 5.41) is 10.6. The molecule has 23 heavy (non-hydrogen) atoms. The molecule has 1 aliphatic heterocycles. The lowest BCUT2D eigenvalue weighted by molar-refractivity contribution is -0.133. The average Bonchev–Trinajstić information content (AvgIpc) is 3.16. The summed E-state index contributed by atoms with van der Waals surface area (Å²) < 4.78 is 2.23. The molecule has 122 valence electrons. The Balaban J connectivity index is 1.57. The van der Waals surface area contributed by atoms with Crippen molar-refractivity contribution < 1.29 is 9.59 Å². The van der Waals surface area contributed by atoms with Crippen molar-refractivity contribution in [3.63, 3.8) is 0 Å². The van der Waals surface area contributed by atoms with E-state index in [9.17, 15) is 9.59 Å². The highest BCUT2D eigenvalue weighted by Crippen LogP contribution is 2.32. The maximum atomic E-state index is 12.4. The van der Waals surface area contributed by atoms with Gasteiger partial charge in [-0.3, -0.25) is 9.59 Å². The molecule has 0 spiro atoms. The van der Waals surface area contributed by atoms with E-state index in [1.54, 1.807) is 15.9 Å². The number of rotatable bonds is 3. The van der Waals surface area contributed by atoms with Crippen molar-refractivity contribution in [2.24, 2.45) is 0 Å². The molecule has 0 N–H and O–H groups in total. The summed E-state index contributed by atoms with van der Waals surface area (Å²) in [7, 11) is 0. The van der Waals surface area contributed by atoms with Crippen molar-refractivity contribution in [1.82, 2.24) is 30.0 Å². The molecule has 0 unspecified atom stereocenters. The summed E-state index contributed by atoms with van der Waals surface area (Å²) >= 11 is 13.1.